The van der Waals surface area contributed by atoms with Gasteiger partial charge in [0.1, 0.15) is 0 Å². The molecule has 104 valence electrons. The summed E-state index contributed by atoms with van der Waals surface area (Å²) < 4.78 is 4.67. The van der Waals surface area contributed by atoms with E-state index >= 15 is 0 Å². The Bertz CT molecular complexity index is 456. The number of hydrogen-bond donors (Lipinski definition) is 2. The Hall–Kier alpha value is -2.04. The van der Waals surface area contributed by atoms with E-state index in [1.54, 1.807) is 18.2 Å². The molecule has 0 radical (unpaired) electrons. The van der Waals surface area contributed by atoms with Crippen LogP contribution in [0.3, 0.4) is 0 Å². The molecule has 0 saturated carbocycles. The van der Waals surface area contributed by atoms with Crippen molar-refractivity contribution in [2.24, 2.45) is 16.6 Å². The highest BCUT2D eigenvalue weighted by atomic mass is 16.5. The fourth-order valence-electron chi connectivity index (χ4n) is 1.46. The van der Waals surface area contributed by atoms with E-state index in [0.717, 1.165) is 12.1 Å². The molecule has 0 amide bonds. The molecular weight excluding hydrogens is 242 g/mol. The third kappa shape index (κ3) is 5.42. The molecule has 0 bridgehead atoms. The van der Waals surface area contributed by atoms with Crippen molar-refractivity contribution in [3.63, 3.8) is 0 Å². The number of rotatable bonds is 5. The van der Waals surface area contributed by atoms with E-state index < -0.39 is 0 Å². The normalized spacial score (nSPS) is 11.5. The largest absolute Gasteiger partial charge is 0.465 e. The second-order valence-corrected chi connectivity index (χ2v) is 4.67. The number of guanidine groups is 1. The average Bonchev–Trinajstić information content (AvgIpc) is 2.42. The molecule has 0 fully saturated rings. The molecule has 0 aliphatic rings. The minimum absolute atomic E-state index is 0.350. The number of nitrogens with one attached hydrogen (secondary N) is 1. The third-order valence-corrected chi connectivity index (χ3v) is 2.47. The first-order valence-electron chi connectivity index (χ1n) is 6.24. The van der Waals surface area contributed by atoms with Gasteiger partial charge in [0.15, 0.2) is 5.96 Å². The Kier molecular flexibility index (Phi) is 5.85. The second kappa shape index (κ2) is 7.41. The topological polar surface area (TPSA) is 76.7 Å². The third-order valence-electron chi connectivity index (χ3n) is 2.47. The van der Waals surface area contributed by atoms with Crippen LogP contribution in [0.5, 0.6) is 0 Å². The highest BCUT2D eigenvalue weighted by Crippen LogP contribution is 2.07. The van der Waals surface area contributed by atoms with E-state index in [1.807, 2.05) is 6.07 Å². The zero-order valence-electron chi connectivity index (χ0n) is 11.6. The van der Waals surface area contributed by atoms with Crippen LogP contribution in [-0.4, -0.2) is 25.6 Å². The number of carbonyl (C=O) groups excluding carboxylic acids is 1. The van der Waals surface area contributed by atoms with Crippen molar-refractivity contribution in [1.82, 2.24) is 5.32 Å². The minimum atomic E-state index is -0.350. The van der Waals surface area contributed by atoms with Crippen molar-refractivity contribution in [3.8, 4) is 0 Å². The number of nitrogens with two attached hydrogens (primary N) is 1. The van der Waals surface area contributed by atoms with E-state index in [2.05, 4.69) is 28.9 Å². The van der Waals surface area contributed by atoms with Crippen molar-refractivity contribution < 1.29 is 9.53 Å². The zero-order chi connectivity index (χ0) is 14.3. The van der Waals surface area contributed by atoms with Gasteiger partial charge >= 0.3 is 5.97 Å². The Morgan fingerprint density at radius 3 is 2.84 bits per heavy atom. The lowest BCUT2D eigenvalue weighted by molar-refractivity contribution is 0.0600. The van der Waals surface area contributed by atoms with Crippen molar-refractivity contribution in [2.75, 3.05) is 13.7 Å². The highest BCUT2D eigenvalue weighted by molar-refractivity contribution is 5.89. The predicted molar refractivity (Wildman–Crippen MR) is 75.9 cm³/mol. The summed E-state index contributed by atoms with van der Waals surface area (Å²) in [6.45, 7) is 5.42. The standard InChI is InChI=1S/C14H21N3O2/c1-10(2)8-16-14(15)17-9-11-5-4-6-12(7-11)13(18)19-3/h4-7,10H,8-9H2,1-3H3,(H3,15,16,17). The second-order valence-electron chi connectivity index (χ2n) is 4.67. The molecule has 1 rings (SSSR count). The SMILES string of the molecule is COC(=O)c1cccc(CN=C(N)NCC(C)C)c1. The molecule has 0 saturated heterocycles. The van der Waals surface area contributed by atoms with Gasteiger partial charge in [-0.25, -0.2) is 9.79 Å². The molecule has 19 heavy (non-hydrogen) atoms. The Morgan fingerprint density at radius 1 is 1.47 bits per heavy atom. The average molecular weight is 263 g/mol. The first-order chi connectivity index (χ1) is 9.02. The van der Waals surface area contributed by atoms with Crippen LogP contribution in [0.4, 0.5) is 0 Å². The van der Waals surface area contributed by atoms with Crippen LogP contribution in [0.2, 0.25) is 0 Å². The van der Waals surface area contributed by atoms with Gasteiger partial charge in [-0.05, 0) is 23.6 Å². The summed E-state index contributed by atoms with van der Waals surface area (Å²) in [4.78, 5) is 15.6. The van der Waals surface area contributed by atoms with E-state index in [1.165, 1.54) is 7.11 Å². The lowest BCUT2D eigenvalue weighted by atomic mass is 10.1. The first kappa shape index (κ1) is 15.0. The van der Waals surface area contributed by atoms with Crippen molar-refractivity contribution in [2.45, 2.75) is 20.4 Å². The molecular formula is C14H21N3O2. The predicted octanol–water partition coefficient (Wildman–Crippen LogP) is 1.53. The first-order valence-corrected chi connectivity index (χ1v) is 6.24. The van der Waals surface area contributed by atoms with Crippen LogP contribution < -0.4 is 11.1 Å². The molecule has 0 aliphatic carbocycles. The maximum absolute atomic E-state index is 11.4. The van der Waals surface area contributed by atoms with Gasteiger partial charge < -0.3 is 15.8 Å². The molecule has 0 aromatic heterocycles. The van der Waals surface area contributed by atoms with Crippen molar-refractivity contribution in [3.05, 3.63) is 35.4 Å². The van der Waals surface area contributed by atoms with Gasteiger partial charge in [-0.1, -0.05) is 26.0 Å². The van der Waals surface area contributed by atoms with Gasteiger partial charge in [0, 0.05) is 6.54 Å². The molecule has 5 heteroatoms. The summed E-state index contributed by atoms with van der Waals surface area (Å²) in [7, 11) is 1.36. The number of hydrogen-bond acceptors (Lipinski definition) is 3. The zero-order valence-corrected chi connectivity index (χ0v) is 11.6. The van der Waals surface area contributed by atoms with Crippen LogP contribution >= 0.6 is 0 Å². The molecule has 0 atom stereocenters. The molecule has 5 nitrogen and oxygen atoms in total. The summed E-state index contributed by atoms with van der Waals surface area (Å²) in [5.74, 6) is 0.574. The number of methoxy groups -OCH3 is 1. The summed E-state index contributed by atoms with van der Waals surface area (Å²) in [6, 6.07) is 7.16. The summed E-state index contributed by atoms with van der Waals surface area (Å²) in [5, 5.41) is 3.04. The van der Waals surface area contributed by atoms with Crippen LogP contribution in [-0.2, 0) is 11.3 Å². The monoisotopic (exact) mass is 263 g/mol. The maximum atomic E-state index is 11.4. The smallest absolute Gasteiger partial charge is 0.337 e. The number of benzene rings is 1. The highest BCUT2D eigenvalue weighted by Gasteiger charge is 2.05. The van der Waals surface area contributed by atoms with Gasteiger partial charge in [-0.3, -0.25) is 0 Å². The van der Waals surface area contributed by atoms with Gasteiger partial charge in [-0.2, -0.15) is 0 Å². The van der Waals surface area contributed by atoms with E-state index in [4.69, 9.17) is 5.73 Å². The molecule has 1 aromatic rings. The number of carbonyl (C=O) groups is 1. The molecule has 0 unspecified atom stereocenters. The quantitative estimate of drug-likeness (QED) is 0.480. The van der Waals surface area contributed by atoms with Gasteiger partial charge in [0.2, 0.25) is 0 Å². The summed E-state index contributed by atoms with van der Waals surface area (Å²) >= 11 is 0. The lowest BCUT2D eigenvalue weighted by Gasteiger charge is -2.08. The Balaban J connectivity index is 2.62. The van der Waals surface area contributed by atoms with Gasteiger partial charge in [-0.15, -0.1) is 0 Å². The van der Waals surface area contributed by atoms with Crippen LogP contribution in [0.25, 0.3) is 0 Å². The van der Waals surface area contributed by atoms with E-state index in [9.17, 15) is 4.79 Å². The maximum Gasteiger partial charge on any atom is 0.337 e. The van der Waals surface area contributed by atoms with Crippen molar-refractivity contribution in [1.29, 1.82) is 0 Å². The number of nitrogens with zero attached hydrogens (tertiary/aromatic N) is 1. The van der Waals surface area contributed by atoms with Gasteiger partial charge in [0.05, 0.1) is 19.2 Å². The van der Waals surface area contributed by atoms with E-state index in [0.29, 0.717) is 24.0 Å². The van der Waals surface area contributed by atoms with Crippen LogP contribution in [0, 0.1) is 5.92 Å². The fourth-order valence-corrected chi connectivity index (χ4v) is 1.46. The Labute approximate surface area is 113 Å². The van der Waals surface area contributed by atoms with Crippen LogP contribution in [0.1, 0.15) is 29.8 Å². The number of ether oxygens (including phenoxy) is 1. The van der Waals surface area contributed by atoms with Crippen LogP contribution in [0.15, 0.2) is 29.3 Å². The Morgan fingerprint density at radius 2 is 2.21 bits per heavy atom. The van der Waals surface area contributed by atoms with Gasteiger partial charge in [0.25, 0.3) is 0 Å². The number of aliphatic imine (C=N–C) groups is 1. The fraction of sp³-hybridized carbons (Fsp3) is 0.429. The molecule has 0 spiro atoms. The molecule has 0 heterocycles. The summed E-state index contributed by atoms with van der Waals surface area (Å²) in [6.07, 6.45) is 0. The number of esters is 1. The lowest BCUT2D eigenvalue weighted by Crippen LogP contribution is -2.34. The summed E-state index contributed by atoms with van der Waals surface area (Å²) in [5.41, 5.74) is 7.17. The molecule has 0 aliphatic heterocycles. The van der Waals surface area contributed by atoms with Crippen molar-refractivity contribution >= 4 is 11.9 Å². The molecule has 1 aromatic carbocycles. The minimum Gasteiger partial charge on any atom is -0.465 e. The molecule has 3 N–H and O–H groups in total. The van der Waals surface area contributed by atoms with E-state index in [-0.39, 0.29) is 5.97 Å².